The highest BCUT2D eigenvalue weighted by Crippen LogP contribution is 2.04. The zero-order valence-electron chi connectivity index (χ0n) is 9.09. The molecule has 0 aromatic carbocycles. The van der Waals surface area contributed by atoms with Crippen molar-refractivity contribution in [3.05, 3.63) is 17.6 Å². The molecule has 1 aromatic rings. The quantitative estimate of drug-likeness (QED) is 0.690. The standard InChI is InChI=1S/C10H18N4/c1-4-11-5-6-12-10-7-13-8(2)9(3)14-10/h7,11H,4-6H2,1-3H3,(H,12,14). The Hall–Kier alpha value is -1.16. The van der Waals surface area contributed by atoms with Gasteiger partial charge in [0.25, 0.3) is 0 Å². The number of hydrogen-bond donors (Lipinski definition) is 2. The van der Waals surface area contributed by atoms with Gasteiger partial charge in [-0.1, -0.05) is 6.92 Å². The molecule has 0 unspecified atom stereocenters. The average molecular weight is 194 g/mol. The number of hydrogen-bond acceptors (Lipinski definition) is 4. The molecule has 0 bridgehead atoms. The van der Waals surface area contributed by atoms with E-state index in [-0.39, 0.29) is 0 Å². The summed E-state index contributed by atoms with van der Waals surface area (Å²) < 4.78 is 0. The minimum absolute atomic E-state index is 0.853. The molecule has 14 heavy (non-hydrogen) atoms. The molecule has 0 atom stereocenters. The molecule has 0 radical (unpaired) electrons. The van der Waals surface area contributed by atoms with Crippen LogP contribution in [0.1, 0.15) is 18.3 Å². The Bertz CT molecular complexity index is 285. The van der Waals surface area contributed by atoms with Crippen molar-refractivity contribution in [3.63, 3.8) is 0 Å². The summed E-state index contributed by atoms with van der Waals surface area (Å²) in [6.45, 7) is 8.86. The fourth-order valence-corrected chi connectivity index (χ4v) is 1.08. The summed E-state index contributed by atoms with van der Waals surface area (Å²) in [5.41, 5.74) is 1.97. The van der Waals surface area contributed by atoms with Gasteiger partial charge in [0.1, 0.15) is 5.82 Å². The number of likely N-dealkylation sites (N-methyl/N-ethyl adjacent to an activating group) is 1. The maximum atomic E-state index is 4.37. The first-order valence-corrected chi connectivity index (χ1v) is 4.99. The third-order valence-corrected chi connectivity index (χ3v) is 2.05. The number of aromatic nitrogens is 2. The van der Waals surface area contributed by atoms with E-state index < -0.39 is 0 Å². The van der Waals surface area contributed by atoms with E-state index in [0.717, 1.165) is 36.8 Å². The van der Waals surface area contributed by atoms with Gasteiger partial charge in [-0.05, 0) is 20.4 Å². The SMILES string of the molecule is CCNCCNc1cnc(C)c(C)n1. The highest BCUT2D eigenvalue weighted by atomic mass is 15.0. The van der Waals surface area contributed by atoms with E-state index in [1.165, 1.54) is 0 Å². The maximum Gasteiger partial charge on any atom is 0.144 e. The molecule has 0 saturated carbocycles. The van der Waals surface area contributed by atoms with E-state index in [0.29, 0.717) is 0 Å². The Morgan fingerprint density at radius 2 is 2.00 bits per heavy atom. The van der Waals surface area contributed by atoms with Gasteiger partial charge < -0.3 is 10.6 Å². The summed E-state index contributed by atoms with van der Waals surface area (Å²) in [6.07, 6.45) is 1.77. The monoisotopic (exact) mass is 194 g/mol. The van der Waals surface area contributed by atoms with Gasteiger partial charge in [-0.3, -0.25) is 4.98 Å². The molecule has 4 heteroatoms. The van der Waals surface area contributed by atoms with Gasteiger partial charge >= 0.3 is 0 Å². The second-order valence-corrected chi connectivity index (χ2v) is 3.21. The Morgan fingerprint density at radius 3 is 2.64 bits per heavy atom. The summed E-state index contributed by atoms with van der Waals surface area (Å²) in [6, 6.07) is 0. The minimum atomic E-state index is 0.853. The minimum Gasteiger partial charge on any atom is -0.368 e. The van der Waals surface area contributed by atoms with Gasteiger partial charge in [-0.15, -0.1) is 0 Å². The summed E-state index contributed by atoms with van der Waals surface area (Å²) in [5.74, 6) is 0.853. The molecule has 0 spiro atoms. The Kier molecular flexibility index (Phi) is 4.32. The van der Waals surface area contributed by atoms with E-state index >= 15 is 0 Å². The number of nitrogens with one attached hydrogen (secondary N) is 2. The average Bonchev–Trinajstić information content (AvgIpc) is 2.18. The summed E-state index contributed by atoms with van der Waals surface area (Å²) in [4.78, 5) is 8.60. The van der Waals surface area contributed by atoms with Crippen molar-refractivity contribution in [3.8, 4) is 0 Å². The van der Waals surface area contributed by atoms with E-state index in [9.17, 15) is 0 Å². The molecule has 0 fully saturated rings. The first kappa shape index (κ1) is 10.9. The van der Waals surface area contributed by atoms with Gasteiger partial charge in [0.2, 0.25) is 0 Å². The first-order valence-electron chi connectivity index (χ1n) is 4.99. The molecular weight excluding hydrogens is 176 g/mol. The van der Waals surface area contributed by atoms with Crippen molar-refractivity contribution >= 4 is 5.82 Å². The van der Waals surface area contributed by atoms with Crippen molar-refractivity contribution in [1.29, 1.82) is 0 Å². The van der Waals surface area contributed by atoms with Crippen LogP contribution in [0, 0.1) is 13.8 Å². The molecule has 0 amide bonds. The topological polar surface area (TPSA) is 49.8 Å². The largest absolute Gasteiger partial charge is 0.368 e. The van der Waals surface area contributed by atoms with Crippen molar-refractivity contribution in [2.24, 2.45) is 0 Å². The number of aryl methyl sites for hydroxylation is 2. The van der Waals surface area contributed by atoms with Gasteiger partial charge in [-0.2, -0.15) is 0 Å². The van der Waals surface area contributed by atoms with Crippen LogP contribution < -0.4 is 10.6 Å². The molecular formula is C10H18N4. The maximum absolute atomic E-state index is 4.37. The van der Waals surface area contributed by atoms with Gasteiger partial charge in [0.15, 0.2) is 0 Å². The molecule has 4 nitrogen and oxygen atoms in total. The van der Waals surface area contributed by atoms with Crippen LogP contribution in [0.3, 0.4) is 0 Å². The third kappa shape index (κ3) is 3.30. The lowest BCUT2D eigenvalue weighted by Crippen LogP contribution is -2.22. The molecule has 2 N–H and O–H groups in total. The van der Waals surface area contributed by atoms with Crippen LogP contribution >= 0.6 is 0 Å². The van der Waals surface area contributed by atoms with Crippen molar-refractivity contribution in [2.75, 3.05) is 25.0 Å². The number of anilines is 1. The first-order chi connectivity index (χ1) is 6.74. The Balaban J connectivity index is 2.39. The third-order valence-electron chi connectivity index (χ3n) is 2.05. The Labute approximate surface area is 85.2 Å². The molecule has 78 valence electrons. The van der Waals surface area contributed by atoms with Crippen molar-refractivity contribution < 1.29 is 0 Å². The van der Waals surface area contributed by atoms with Crippen molar-refractivity contribution in [2.45, 2.75) is 20.8 Å². The molecule has 1 aromatic heterocycles. The summed E-state index contributed by atoms with van der Waals surface area (Å²) >= 11 is 0. The highest BCUT2D eigenvalue weighted by Gasteiger charge is 1.97. The van der Waals surface area contributed by atoms with E-state index in [1.807, 2.05) is 13.8 Å². The fraction of sp³-hybridized carbons (Fsp3) is 0.600. The molecule has 0 aliphatic heterocycles. The lowest BCUT2D eigenvalue weighted by atomic mass is 10.3. The zero-order chi connectivity index (χ0) is 10.4. The Morgan fingerprint density at radius 1 is 1.21 bits per heavy atom. The van der Waals surface area contributed by atoms with Crippen LogP contribution in [-0.4, -0.2) is 29.6 Å². The second kappa shape index (κ2) is 5.54. The van der Waals surface area contributed by atoms with Gasteiger partial charge in [0.05, 0.1) is 17.6 Å². The summed E-state index contributed by atoms with van der Waals surface area (Å²) in [5, 5.41) is 6.45. The van der Waals surface area contributed by atoms with Gasteiger partial charge in [-0.25, -0.2) is 4.98 Å². The van der Waals surface area contributed by atoms with E-state index in [2.05, 4.69) is 27.5 Å². The molecule has 1 heterocycles. The molecule has 0 aliphatic rings. The summed E-state index contributed by atoms with van der Waals surface area (Å²) in [7, 11) is 0. The van der Waals surface area contributed by atoms with Crippen LogP contribution in [0.25, 0.3) is 0 Å². The van der Waals surface area contributed by atoms with Gasteiger partial charge in [0, 0.05) is 13.1 Å². The van der Waals surface area contributed by atoms with Crippen LogP contribution in [0.15, 0.2) is 6.20 Å². The molecule has 0 saturated heterocycles. The van der Waals surface area contributed by atoms with Crippen LogP contribution in [-0.2, 0) is 0 Å². The number of rotatable bonds is 5. The number of nitrogens with zero attached hydrogens (tertiary/aromatic N) is 2. The smallest absolute Gasteiger partial charge is 0.144 e. The van der Waals surface area contributed by atoms with Crippen molar-refractivity contribution in [1.82, 2.24) is 15.3 Å². The lowest BCUT2D eigenvalue weighted by molar-refractivity contribution is 0.737. The fourth-order valence-electron chi connectivity index (χ4n) is 1.08. The predicted molar refractivity (Wildman–Crippen MR) is 58.5 cm³/mol. The van der Waals surface area contributed by atoms with Crippen LogP contribution in [0.2, 0.25) is 0 Å². The molecule has 0 aliphatic carbocycles. The van der Waals surface area contributed by atoms with E-state index in [4.69, 9.17) is 0 Å². The lowest BCUT2D eigenvalue weighted by Gasteiger charge is -2.06. The van der Waals surface area contributed by atoms with Crippen LogP contribution in [0.5, 0.6) is 0 Å². The molecule has 1 rings (SSSR count). The predicted octanol–water partition coefficient (Wildman–Crippen LogP) is 1.11. The second-order valence-electron chi connectivity index (χ2n) is 3.21. The zero-order valence-corrected chi connectivity index (χ0v) is 9.09. The van der Waals surface area contributed by atoms with E-state index in [1.54, 1.807) is 6.20 Å². The highest BCUT2D eigenvalue weighted by molar-refractivity contribution is 5.33. The van der Waals surface area contributed by atoms with Crippen LogP contribution in [0.4, 0.5) is 5.82 Å². The normalized spacial score (nSPS) is 10.2.